The fraction of sp³-hybridized carbons (Fsp3) is 0.300. The maximum absolute atomic E-state index is 11.7. The van der Waals surface area contributed by atoms with Gasteiger partial charge in [-0.15, -0.1) is 0 Å². The van der Waals surface area contributed by atoms with Crippen LogP contribution in [0.15, 0.2) is 12.1 Å². The van der Waals surface area contributed by atoms with Crippen LogP contribution in [0.2, 0.25) is 0 Å². The Labute approximate surface area is 135 Å². The van der Waals surface area contributed by atoms with Crippen molar-refractivity contribution in [2.75, 3.05) is 13.4 Å². The zero-order chi connectivity index (χ0) is 12.1. The minimum atomic E-state index is -0.341. The lowest BCUT2D eigenvalue weighted by atomic mass is 10.2. The first-order valence-electron chi connectivity index (χ1n) is 4.46. The van der Waals surface area contributed by atoms with Gasteiger partial charge < -0.3 is 9.47 Å². The number of rotatable bonds is 4. The van der Waals surface area contributed by atoms with E-state index in [1.807, 2.05) is 13.0 Å². The number of ether oxygens (including phenoxy) is 2. The summed E-state index contributed by atoms with van der Waals surface area (Å²) >= 11 is 6.61. The number of hydrogen-bond donors (Lipinski definition) is 0. The summed E-state index contributed by atoms with van der Waals surface area (Å²) < 4.78 is 13.1. The second kappa shape index (κ2) is 7.31. The molecule has 88 valence electrons. The van der Waals surface area contributed by atoms with E-state index in [0.717, 1.165) is 10.7 Å². The molecule has 0 heterocycles. The van der Waals surface area contributed by atoms with Gasteiger partial charge in [0.05, 0.1) is 5.56 Å². The van der Waals surface area contributed by atoms with Crippen LogP contribution < -0.4 is 0 Å². The number of carbonyl (C=O) groups is 1. The van der Waals surface area contributed by atoms with Gasteiger partial charge in [0.2, 0.25) is 0 Å². The lowest BCUT2D eigenvalue weighted by Gasteiger charge is -2.08. The van der Waals surface area contributed by atoms with Crippen LogP contribution in [-0.2, 0) is 9.47 Å². The largest absolute Gasteiger partial charge is 0.435 e. The van der Waals surface area contributed by atoms with Crippen LogP contribution in [0.1, 0.15) is 17.3 Å². The molecular formula is C10H9I3O3. The molecule has 1 aromatic rings. The summed E-state index contributed by atoms with van der Waals surface area (Å²) in [4.78, 5) is 11.7. The van der Waals surface area contributed by atoms with Crippen molar-refractivity contribution in [3.63, 3.8) is 0 Å². The van der Waals surface area contributed by atoms with E-state index in [9.17, 15) is 4.79 Å². The predicted octanol–water partition coefficient (Wildman–Crippen LogP) is 3.65. The highest BCUT2D eigenvalue weighted by molar-refractivity contribution is 14.1. The molecule has 1 rings (SSSR count). The normalized spacial score (nSPS) is 10.2. The standard InChI is InChI=1S/C10H9I3O3/c1-2-15-5-16-10(14)6-3-4-7(11)9(13)8(6)12/h3-4H,2,5H2,1H3. The summed E-state index contributed by atoms with van der Waals surface area (Å²) in [6.07, 6.45) is 0. The summed E-state index contributed by atoms with van der Waals surface area (Å²) in [5.41, 5.74) is 0.588. The monoisotopic (exact) mass is 558 g/mol. The molecule has 16 heavy (non-hydrogen) atoms. The van der Waals surface area contributed by atoms with Gasteiger partial charge in [0.25, 0.3) is 0 Å². The summed E-state index contributed by atoms with van der Waals surface area (Å²) in [5, 5.41) is 0. The van der Waals surface area contributed by atoms with Crippen LogP contribution in [0.4, 0.5) is 0 Å². The van der Waals surface area contributed by atoms with Gasteiger partial charge in [-0.25, -0.2) is 4.79 Å². The molecule has 0 aliphatic rings. The molecule has 0 fully saturated rings. The van der Waals surface area contributed by atoms with Crippen molar-refractivity contribution in [1.82, 2.24) is 0 Å². The molecule has 1 aromatic carbocycles. The summed E-state index contributed by atoms with van der Waals surface area (Å²) in [6, 6.07) is 3.68. The third-order valence-corrected chi connectivity index (χ3v) is 6.94. The number of halogens is 3. The lowest BCUT2D eigenvalue weighted by molar-refractivity contribution is -0.0275. The summed E-state index contributed by atoms with van der Waals surface area (Å²) in [5.74, 6) is -0.341. The summed E-state index contributed by atoms with van der Waals surface area (Å²) in [6.45, 7) is 2.40. The van der Waals surface area contributed by atoms with Gasteiger partial charge in [-0.05, 0) is 86.8 Å². The molecule has 6 heteroatoms. The Morgan fingerprint density at radius 2 is 1.94 bits per heavy atom. The van der Waals surface area contributed by atoms with Crippen molar-refractivity contribution in [2.24, 2.45) is 0 Å². The van der Waals surface area contributed by atoms with Gasteiger partial charge >= 0.3 is 5.97 Å². The lowest BCUT2D eigenvalue weighted by Crippen LogP contribution is -2.11. The number of carbonyl (C=O) groups excluding carboxylic acids is 1. The van der Waals surface area contributed by atoms with Crippen molar-refractivity contribution in [1.29, 1.82) is 0 Å². The maximum atomic E-state index is 11.7. The molecular weight excluding hydrogens is 549 g/mol. The van der Waals surface area contributed by atoms with E-state index in [1.54, 1.807) is 6.07 Å². The summed E-state index contributed by atoms with van der Waals surface area (Å²) in [7, 11) is 0. The van der Waals surface area contributed by atoms with Crippen LogP contribution >= 0.6 is 67.8 Å². The van der Waals surface area contributed by atoms with Gasteiger partial charge in [0.1, 0.15) is 0 Å². The zero-order valence-electron chi connectivity index (χ0n) is 8.43. The van der Waals surface area contributed by atoms with E-state index >= 15 is 0 Å². The molecule has 0 spiro atoms. The molecule has 0 N–H and O–H groups in total. The smallest absolute Gasteiger partial charge is 0.341 e. The minimum Gasteiger partial charge on any atom is -0.435 e. The van der Waals surface area contributed by atoms with Gasteiger partial charge in [0, 0.05) is 17.3 Å². The van der Waals surface area contributed by atoms with Gasteiger partial charge in [-0.1, -0.05) is 0 Å². The fourth-order valence-corrected chi connectivity index (χ4v) is 3.07. The van der Waals surface area contributed by atoms with Crippen LogP contribution in [-0.4, -0.2) is 19.4 Å². The molecule has 0 atom stereocenters. The Morgan fingerprint density at radius 1 is 1.25 bits per heavy atom. The first-order valence-corrected chi connectivity index (χ1v) is 7.70. The van der Waals surface area contributed by atoms with E-state index < -0.39 is 0 Å². The molecule has 0 aromatic heterocycles. The van der Waals surface area contributed by atoms with E-state index in [2.05, 4.69) is 67.8 Å². The molecule has 0 saturated carbocycles. The van der Waals surface area contributed by atoms with Crippen molar-refractivity contribution in [2.45, 2.75) is 6.92 Å². The van der Waals surface area contributed by atoms with Crippen LogP contribution in [0.5, 0.6) is 0 Å². The molecule has 0 aliphatic heterocycles. The molecule has 0 saturated heterocycles. The van der Waals surface area contributed by atoms with E-state index in [4.69, 9.17) is 9.47 Å². The van der Waals surface area contributed by atoms with Crippen molar-refractivity contribution >= 4 is 73.7 Å². The first kappa shape index (κ1) is 14.9. The molecule has 0 radical (unpaired) electrons. The highest BCUT2D eigenvalue weighted by Gasteiger charge is 2.15. The molecule has 3 nitrogen and oxygen atoms in total. The highest BCUT2D eigenvalue weighted by Crippen LogP contribution is 2.25. The molecule has 0 aliphatic carbocycles. The number of benzene rings is 1. The minimum absolute atomic E-state index is 0.00792. The Morgan fingerprint density at radius 3 is 2.56 bits per heavy atom. The Kier molecular flexibility index (Phi) is 6.81. The molecule has 0 unspecified atom stereocenters. The maximum Gasteiger partial charge on any atom is 0.341 e. The number of hydrogen-bond acceptors (Lipinski definition) is 3. The van der Waals surface area contributed by atoms with Crippen molar-refractivity contribution < 1.29 is 14.3 Å². The third kappa shape index (κ3) is 3.95. The molecule has 0 amide bonds. The first-order chi connectivity index (χ1) is 7.57. The van der Waals surface area contributed by atoms with Crippen molar-refractivity contribution in [3.05, 3.63) is 28.4 Å². The fourth-order valence-electron chi connectivity index (χ4n) is 0.940. The van der Waals surface area contributed by atoms with Gasteiger partial charge in [0.15, 0.2) is 6.79 Å². The van der Waals surface area contributed by atoms with E-state index in [-0.39, 0.29) is 12.8 Å². The van der Waals surface area contributed by atoms with Gasteiger partial charge in [-0.3, -0.25) is 0 Å². The number of esters is 1. The molecule has 0 bridgehead atoms. The highest BCUT2D eigenvalue weighted by atomic mass is 127. The Bertz CT molecular complexity index is 393. The second-order valence-electron chi connectivity index (χ2n) is 2.77. The second-order valence-corrected chi connectivity index (χ2v) is 6.09. The Hall–Kier alpha value is 0.840. The van der Waals surface area contributed by atoms with Crippen LogP contribution in [0, 0.1) is 10.7 Å². The van der Waals surface area contributed by atoms with Crippen LogP contribution in [0.3, 0.4) is 0 Å². The van der Waals surface area contributed by atoms with Gasteiger partial charge in [-0.2, -0.15) is 0 Å². The van der Waals surface area contributed by atoms with E-state index in [0.29, 0.717) is 12.2 Å². The SMILES string of the molecule is CCOCOC(=O)c1ccc(I)c(I)c1I. The van der Waals surface area contributed by atoms with Crippen molar-refractivity contribution in [3.8, 4) is 0 Å². The average molecular weight is 558 g/mol. The predicted molar refractivity (Wildman–Crippen MR) is 86.5 cm³/mol. The Balaban J connectivity index is 2.80. The van der Waals surface area contributed by atoms with Crippen LogP contribution in [0.25, 0.3) is 0 Å². The topological polar surface area (TPSA) is 35.5 Å². The third-order valence-electron chi connectivity index (χ3n) is 1.73. The quantitative estimate of drug-likeness (QED) is 0.186. The zero-order valence-corrected chi connectivity index (χ0v) is 14.9. The average Bonchev–Trinajstić information content (AvgIpc) is 2.26. The van der Waals surface area contributed by atoms with E-state index in [1.165, 1.54) is 0 Å².